The molecule has 9 heteroatoms. The largest absolute Gasteiger partial charge is 0.636 e. The van der Waals surface area contributed by atoms with Gasteiger partial charge in [0.1, 0.15) is 23.4 Å². The van der Waals surface area contributed by atoms with Gasteiger partial charge in [-0.1, -0.05) is 30.9 Å². The van der Waals surface area contributed by atoms with Crippen LogP contribution in [-0.4, -0.2) is 55.2 Å². The van der Waals surface area contributed by atoms with E-state index in [1.54, 1.807) is 42.4 Å². The first-order valence-electron chi connectivity index (χ1n) is 11.9. The van der Waals surface area contributed by atoms with Crippen molar-refractivity contribution in [2.24, 2.45) is 0 Å². The molecule has 1 saturated heterocycles. The maximum atomic E-state index is 12.0. The number of benzene rings is 1. The lowest BCUT2D eigenvalue weighted by Crippen LogP contribution is -2.47. The Morgan fingerprint density at radius 2 is 1.81 bits per heavy atom. The predicted octanol–water partition coefficient (Wildman–Crippen LogP) is 3.12. The van der Waals surface area contributed by atoms with E-state index < -0.39 is 19.1 Å². The maximum Gasteiger partial charge on any atom is 0.636 e. The minimum Gasteiger partial charge on any atom is -0.494 e. The fourth-order valence-electron chi connectivity index (χ4n) is 3.87. The minimum atomic E-state index is -1.07. The first kappa shape index (κ1) is 25.3. The number of hydrogen-bond acceptors (Lipinski definition) is 8. The van der Waals surface area contributed by atoms with Crippen LogP contribution in [0.3, 0.4) is 0 Å². The molecule has 1 aliphatic heterocycles. The highest BCUT2D eigenvalue weighted by molar-refractivity contribution is 6.64. The van der Waals surface area contributed by atoms with E-state index in [0.29, 0.717) is 17.6 Å². The SMILES string of the molecule is C=C1CC[C@@H](Oc2ccc(B3OC(=O)CN(C)CC(=O)O3)cc2)C/C=C\C=C1Oc1ccnc(C)c1. The number of pyridine rings is 1. The van der Waals surface area contributed by atoms with E-state index in [4.69, 9.17) is 18.8 Å². The first-order valence-corrected chi connectivity index (χ1v) is 11.9. The van der Waals surface area contributed by atoms with Gasteiger partial charge in [-0.2, -0.15) is 0 Å². The van der Waals surface area contributed by atoms with Gasteiger partial charge in [-0.05, 0) is 56.7 Å². The van der Waals surface area contributed by atoms with Gasteiger partial charge < -0.3 is 18.8 Å². The van der Waals surface area contributed by atoms with Crippen molar-refractivity contribution in [2.45, 2.75) is 32.3 Å². The Morgan fingerprint density at radius 1 is 1.08 bits per heavy atom. The van der Waals surface area contributed by atoms with Gasteiger partial charge in [0.05, 0.1) is 13.1 Å². The van der Waals surface area contributed by atoms with E-state index in [9.17, 15) is 9.59 Å². The van der Waals surface area contributed by atoms with Crippen molar-refractivity contribution in [3.8, 4) is 11.5 Å². The molecule has 1 aliphatic carbocycles. The second-order valence-corrected chi connectivity index (χ2v) is 8.86. The van der Waals surface area contributed by atoms with Gasteiger partial charge in [0.15, 0.2) is 0 Å². The molecule has 8 nitrogen and oxygen atoms in total. The molecule has 4 rings (SSSR count). The lowest BCUT2D eigenvalue weighted by molar-refractivity contribution is -0.145. The zero-order chi connectivity index (χ0) is 25.5. The standard InChI is InChI=1S/C27H29BN2O6/c1-19-8-11-22(6-4-5-7-25(19)34-24-14-15-29-20(2)16-24)33-23-12-9-21(10-13-23)28-35-26(31)17-30(3)18-27(32)36-28/h4-5,7,9-10,12-16,22H,1,6,8,11,17-18H2,2-3H3/b5-4-,25-7?/t22-/m0/s1. The molecule has 0 N–H and O–H groups in total. The summed E-state index contributed by atoms with van der Waals surface area (Å²) >= 11 is 0. The van der Waals surface area contributed by atoms with Crippen LogP contribution in [0.1, 0.15) is 25.0 Å². The number of carbonyl (C=O) groups is 2. The second kappa shape index (κ2) is 11.7. The van der Waals surface area contributed by atoms with Crippen molar-refractivity contribution < 1.29 is 28.4 Å². The summed E-state index contributed by atoms with van der Waals surface area (Å²) in [6, 6.07) is 10.7. The number of hydrogen-bond donors (Lipinski definition) is 0. The zero-order valence-corrected chi connectivity index (χ0v) is 20.5. The van der Waals surface area contributed by atoms with E-state index in [-0.39, 0.29) is 19.2 Å². The number of aryl methyl sites for hydroxylation is 1. The fourth-order valence-corrected chi connectivity index (χ4v) is 3.87. The van der Waals surface area contributed by atoms with Gasteiger partial charge >= 0.3 is 19.1 Å². The van der Waals surface area contributed by atoms with Crippen LogP contribution in [0.25, 0.3) is 0 Å². The van der Waals surface area contributed by atoms with Gasteiger partial charge in [-0.3, -0.25) is 19.5 Å². The fraction of sp³-hybridized carbons (Fsp3) is 0.296. The molecule has 0 radical (unpaired) electrons. The number of allylic oxidation sites excluding steroid dienone is 3. The second-order valence-electron chi connectivity index (χ2n) is 8.86. The van der Waals surface area contributed by atoms with E-state index in [1.807, 2.05) is 37.3 Å². The molecule has 0 saturated carbocycles. The summed E-state index contributed by atoms with van der Waals surface area (Å²) in [5.74, 6) is 1.20. The number of rotatable bonds is 5. The van der Waals surface area contributed by atoms with Gasteiger partial charge in [-0.25, -0.2) is 0 Å². The summed E-state index contributed by atoms with van der Waals surface area (Å²) in [6.07, 6.45) is 9.76. The molecule has 1 aromatic carbocycles. The van der Waals surface area contributed by atoms with E-state index in [2.05, 4.69) is 11.6 Å². The van der Waals surface area contributed by atoms with Crippen LogP contribution in [0.4, 0.5) is 0 Å². The average Bonchev–Trinajstić information content (AvgIpc) is 2.90. The Kier molecular flexibility index (Phi) is 8.22. The summed E-state index contributed by atoms with van der Waals surface area (Å²) in [7, 11) is 0.584. The molecule has 2 aromatic rings. The van der Waals surface area contributed by atoms with Crippen LogP contribution in [0.15, 0.2) is 78.7 Å². The third-order valence-corrected chi connectivity index (χ3v) is 5.73. The van der Waals surface area contributed by atoms with Crippen molar-refractivity contribution in [1.82, 2.24) is 9.88 Å². The number of carbonyl (C=O) groups excluding carboxylic acids is 2. The number of aromatic nitrogens is 1. The molecule has 0 amide bonds. The molecule has 0 spiro atoms. The molecule has 2 heterocycles. The van der Waals surface area contributed by atoms with Gasteiger partial charge in [0.2, 0.25) is 0 Å². The quantitative estimate of drug-likeness (QED) is 0.594. The Bertz CT molecular complexity index is 1160. The van der Waals surface area contributed by atoms with Gasteiger partial charge in [0, 0.05) is 29.8 Å². The summed E-state index contributed by atoms with van der Waals surface area (Å²) in [5.41, 5.74) is 2.34. The Hall–Kier alpha value is -3.85. The van der Waals surface area contributed by atoms with Crippen LogP contribution in [0.5, 0.6) is 11.5 Å². The topological polar surface area (TPSA) is 87.2 Å². The predicted molar refractivity (Wildman–Crippen MR) is 136 cm³/mol. The number of nitrogens with zero attached hydrogens (tertiary/aromatic N) is 2. The average molecular weight is 488 g/mol. The highest BCUT2D eigenvalue weighted by Crippen LogP contribution is 2.25. The zero-order valence-electron chi connectivity index (χ0n) is 20.5. The van der Waals surface area contributed by atoms with Gasteiger partial charge in [-0.15, -0.1) is 0 Å². The third-order valence-electron chi connectivity index (χ3n) is 5.73. The highest BCUT2D eigenvalue weighted by atomic mass is 16.6. The van der Waals surface area contributed by atoms with Crippen LogP contribution >= 0.6 is 0 Å². The van der Waals surface area contributed by atoms with E-state index >= 15 is 0 Å². The van der Waals surface area contributed by atoms with Crippen molar-refractivity contribution in [3.05, 3.63) is 84.4 Å². The molecule has 0 bridgehead atoms. The van der Waals surface area contributed by atoms with Crippen LogP contribution in [0.2, 0.25) is 0 Å². The van der Waals surface area contributed by atoms with Crippen molar-refractivity contribution in [2.75, 3.05) is 20.1 Å². The lowest BCUT2D eigenvalue weighted by atomic mass is 9.78. The van der Waals surface area contributed by atoms with Gasteiger partial charge in [0.25, 0.3) is 0 Å². The van der Waals surface area contributed by atoms with Crippen molar-refractivity contribution >= 4 is 24.5 Å². The molecule has 1 atom stereocenters. The molecule has 2 aliphatic rings. The Labute approximate surface area is 211 Å². The third kappa shape index (κ3) is 7.08. The molecule has 1 aromatic heterocycles. The molecule has 0 unspecified atom stereocenters. The first-order chi connectivity index (χ1) is 17.4. The summed E-state index contributed by atoms with van der Waals surface area (Å²) in [6.45, 7) is 6.18. The lowest BCUT2D eigenvalue weighted by Gasteiger charge is -2.23. The van der Waals surface area contributed by atoms with Crippen molar-refractivity contribution in [1.29, 1.82) is 0 Å². The molecule has 36 heavy (non-hydrogen) atoms. The normalized spacial score (nSPS) is 20.5. The molecule has 1 fully saturated rings. The Morgan fingerprint density at radius 3 is 2.50 bits per heavy atom. The van der Waals surface area contributed by atoms with E-state index in [0.717, 1.165) is 35.6 Å². The summed E-state index contributed by atoms with van der Waals surface area (Å²) in [4.78, 5) is 29.8. The Balaban J connectivity index is 1.35. The van der Waals surface area contributed by atoms with Crippen molar-refractivity contribution in [3.63, 3.8) is 0 Å². The summed E-state index contributed by atoms with van der Waals surface area (Å²) in [5, 5.41) is 0. The number of likely N-dealkylation sites (N-methyl/N-ethyl adjacent to an activating group) is 1. The smallest absolute Gasteiger partial charge is 0.494 e. The molecule has 186 valence electrons. The maximum absolute atomic E-state index is 12.0. The van der Waals surface area contributed by atoms with Crippen LogP contribution in [0, 0.1) is 6.92 Å². The van der Waals surface area contributed by atoms with Crippen LogP contribution in [-0.2, 0) is 18.9 Å². The molecular weight excluding hydrogens is 459 g/mol. The van der Waals surface area contributed by atoms with E-state index in [1.165, 1.54) is 0 Å². The summed E-state index contributed by atoms with van der Waals surface area (Å²) < 4.78 is 22.9. The number of ether oxygens (including phenoxy) is 2. The minimum absolute atomic E-state index is 0.0249. The highest BCUT2D eigenvalue weighted by Gasteiger charge is 2.33. The van der Waals surface area contributed by atoms with Crippen LogP contribution < -0.4 is 14.9 Å². The monoisotopic (exact) mass is 488 g/mol. The molecular formula is C27H29BN2O6.